The molecule has 3 heterocycles. The lowest BCUT2D eigenvalue weighted by molar-refractivity contribution is -0.132. The summed E-state index contributed by atoms with van der Waals surface area (Å²) in [4.78, 5) is 29.8. The SMILES string of the molecule is CCC(=O)N1CCCC(NS(=O)(=O)c2ccc(-c3cnc(N)c(-c4ccc5c(c4)CCNC5=O)c3)c(F)c2)C1. The number of pyridine rings is 1. The number of aromatic nitrogens is 1. The molecule has 5 rings (SSSR count). The van der Waals surface area contributed by atoms with Crippen molar-refractivity contribution < 1.29 is 22.4 Å². The summed E-state index contributed by atoms with van der Waals surface area (Å²) < 4.78 is 44.0. The molecule has 0 saturated carbocycles. The van der Waals surface area contributed by atoms with Gasteiger partial charge in [0.15, 0.2) is 0 Å². The third-order valence-corrected chi connectivity index (χ3v) is 8.74. The van der Waals surface area contributed by atoms with Crippen LogP contribution in [0.1, 0.15) is 42.1 Å². The Labute approximate surface area is 226 Å². The Morgan fingerprint density at radius 1 is 1.15 bits per heavy atom. The Kier molecular flexibility index (Phi) is 7.37. The minimum absolute atomic E-state index is 0.0216. The lowest BCUT2D eigenvalue weighted by atomic mass is 9.94. The number of carbonyl (C=O) groups excluding carboxylic acids is 2. The van der Waals surface area contributed by atoms with Gasteiger partial charge in [0.2, 0.25) is 15.9 Å². The number of anilines is 1. The molecule has 0 radical (unpaired) electrons. The minimum atomic E-state index is -4.00. The number of likely N-dealkylation sites (tertiary alicyclic amines) is 1. The maximum absolute atomic E-state index is 15.3. The van der Waals surface area contributed by atoms with E-state index in [2.05, 4.69) is 15.0 Å². The van der Waals surface area contributed by atoms with Crippen LogP contribution in [0.15, 0.2) is 53.6 Å². The van der Waals surface area contributed by atoms with Crippen LogP contribution >= 0.6 is 0 Å². The number of nitrogens with one attached hydrogen (secondary N) is 2. The third kappa shape index (κ3) is 5.50. The number of nitrogen functional groups attached to an aromatic ring is 1. The molecule has 2 aromatic carbocycles. The molecule has 2 aliphatic rings. The molecule has 2 amide bonds. The van der Waals surface area contributed by atoms with Crippen molar-refractivity contribution in [3.63, 3.8) is 0 Å². The smallest absolute Gasteiger partial charge is 0.251 e. The van der Waals surface area contributed by atoms with Crippen LogP contribution in [0.4, 0.5) is 10.2 Å². The van der Waals surface area contributed by atoms with Crippen molar-refractivity contribution in [3.05, 3.63) is 65.6 Å². The third-order valence-electron chi connectivity index (χ3n) is 7.22. The van der Waals surface area contributed by atoms with E-state index in [0.717, 1.165) is 17.2 Å². The van der Waals surface area contributed by atoms with Crippen LogP contribution in [0.3, 0.4) is 0 Å². The quantitative estimate of drug-likeness (QED) is 0.431. The Morgan fingerprint density at radius 2 is 1.95 bits per heavy atom. The molecule has 11 heteroatoms. The number of amides is 2. The van der Waals surface area contributed by atoms with Gasteiger partial charge in [-0.1, -0.05) is 25.1 Å². The number of hydrogen-bond donors (Lipinski definition) is 3. The van der Waals surface area contributed by atoms with E-state index in [1.807, 2.05) is 6.07 Å². The molecule has 4 N–H and O–H groups in total. The zero-order valence-electron chi connectivity index (χ0n) is 21.5. The van der Waals surface area contributed by atoms with Crippen molar-refractivity contribution in [2.45, 2.75) is 43.5 Å². The van der Waals surface area contributed by atoms with E-state index in [1.165, 1.54) is 18.3 Å². The molecule has 0 spiro atoms. The first kappa shape index (κ1) is 26.8. The van der Waals surface area contributed by atoms with Gasteiger partial charge in [0.1, 0.15) is 11.6 Å². The lowest BCUT2D eigenvalue weighted by Gasteiger charge is -2.32. The van der Waals surface area contributed by atoms with Gasteiger partial charge in [-0.05, 0) is 54.7 Å². The lowest BCUT2D eigenvalue weighted by Crippen LogP contribution is -2.49. The molecule has 0 aliphatic carbocycles. The fourth-order valence-corrected chi connectivity index (χ4v) is 6.43. The zero-order valence-corrected chi connectivity index (χ0v) is 22.4. The van der Waals surface area contributed by atoms with Gasteiger partial charge in [0.25, 0.3) is 5.91 Å². The van der Waals surface area contributed by atoms with Gasteiger partial charge in [-0.25, -0.2) is 22.5 Å². The highest BCUT2D eigenvalue weighted by Crippen LogP contribution is 2.33. The van der Waals surface area contributed by atoms with Crippen molar-refractivity contribution in [1.82, 2.24) is 19.9 Å². The molecule has 204 valence electrons. The molecule has 1 unspecified atom stereocenters. The van der Waals surface area contributed by atoms with Gasteiger partial charge in [0.05, 0.1) is 4.90 Å². The summed E-state index contributed by atoms with van der Waals surface area (Å²) in [6.45, 7) is 3.22. The first-order chi connectivity index (χ1) is 18.7. The van der Waals surface area contributed by atoms with Gasteiger partial charge >= 0.3 is 0 Å². The molecule has 39 heavy (non-hydrogen) atoms. The Hall–Kier alpha value is -3.83. The summed E-state index contributed by atoms with van der Waals surface area (Å²) >= 11 is 0. The van der Waals surface area contributed by atoms with E-state index in [1.54, 1.807) is 30.0 Å². The van der Waals surface area contributed by atoms with Gasteiger partial charge in [-0.3, -0.25) is 9.59 Å². The Balaban J connectivity index is 1.39. The number of halogens is 1. The summed E-state index contributed by atoms with van der Waals surface area (Å²) in [6, 6.07) is 10.4. The fraction of sp³-hybridized carbons (Fsp3) is 0.321. The molecule has 0 bridgehead atoms. The molecule has 3 aromatic rings. The van der Waals surface area contributed by atoms with Crippen LogP contribution in [0.25, 0.3) is 22.3 Å². The monoisotopic (exact) mass is 551 g/mol. The van der Waals surface area contributed by atoms with Crippen molar-refractivity contribution in [2.24, 2.45) is 0 Å². The van der Waals surface area contributed by atoms with Gasteiger partial charge in [-0.15, -0.1) is 0 Å². The Morgan fingerprint density at radius 3 is 2.72 bits per heavy atom. The number of nitrogens with zero attached hydrogens (tertiary/aromatic N) is 2. The summed E-state index contributed by atoms with van der Waals surface area (Å²) in [5, 5.41) is 2.81. The molecular weight excluding hydrogens is 521 g/mol. The molecular formula is C28H30FN5O4S. The van der Waals surface area contributed by atoms with Crippen molar-refractivity contribution >= 4 is 27.7 Å². The number of piperidine rings is 1. The average Bonchev–Trinajstić information content (AvgIpc) is 2.93. The highest BCUT2D eigenvalue weighted by atomic mass is 32.2. The molecule has 1 aromatic heterocycles. The van der Waals surface area contributed by atoms with Gasteiger partial charge < -0.3 is 16.0 Å². The topological polar surface area (TPSA) is 134 Å². The Bertz CT molecular complexity index is 1560. The van der Waals surface area contributed by atoms with Crippen LogP contribution in [-0.2, 0) is 21.2 Å². The number of carbonyl (C=O) groups is 2. The van der Waals surface area contributed by atoms with E-state index < -0.39 is 21.9 Å². The molecule has 2 aliphatic heterocycles. The fourth-order valence-electron chi connectivity index (χ4n) is 5.16. The molecule has 1 saturated heterocycles. The van der Waals surface area contributed by atoms with Crippen LogP contribution < -0.4 is 15.8 Å². The highest BCUT2D eigenvalue weighted by Gasteiger charge is 2.27. The van der Waals surface area contributed by atoms with Crippen LogP contribution in [0.2, 0.25) is 0 Å². The van der Waals surface area contributed by atoms with E-state index >= 15 is 4.39 Å². The molecule has 9 nitrogen and oxygen atoms in total. The minimum Gasteiger partial charge on any atom is -0.383 e. The average molecular weight is 552 g/mol. The summed E-state index contributed by atoms with van der Waals surface area (Å²) in [5.74, 6) is -0.606. The predicted molar refractivity (Wildman–Crippen MR) is 146 cm³/mol. The van der Waals surface area contributed by atoms with E-state index in [4.69, 9.17) is 5.73 Å². The predicted octanol–water partition coefficient (Wildman–Crippen LogP) is 3.10. The van der Waals surface area contributed by atoms with Gasteiger partial charge in [-0.2, -0.15) is 0 Å². The maximum Gasteiger partial charge on any atom is 0.251 e. The zero-order chi connectivity index (χ0) is 27.7. The van der Waals surface area contributed by atoms with Crippen molar-refractivity contribution in [3.8, 4) is 22.3 Å². The van der Waals surface area contributed by atoms with Crippen LogP contribution in [0.5, 0.6) is 0 Å². The standard InChI is InChI=1S/C28H30FN5O4S/c1-2-26(35)34-11-3-4-20(16-34)33-39(37,38)21-6-8-22(25(29)14-21)19-13-24(27(30)32-15-19)17-5-7-23-18(12-17)9-10-31-28(23)36/h5-8,12-15,20,33H,2-4,9-11,16H2,1H3,(H2,30,32)(H,31,36). The molecule has 1 atom stereocenters. The number of rotatable bonds is 6. The summed E-state index contributed by atoms with van der Waals surface area (Å²) in [7, 11) is -4.00. The van der Waals surface area contributed by atoms with Crippen LogP contribution in [0, 0.1) is 5.82 Å². The number of fused-ring (bicyclic) bond motifs is 1. The van der Waals surface area contributed by atoms with Crippen LogP contribution in [-0.4, -0.2) is 55.8 Å². The second kappa shape index (κ2) is 10.7. The van der Waals surface area contributed by atoms with Gasteiger partial charge in [0, 0.05) is 60.5 Å². The highest BCUT2D eigenvalue weighted by molar-refractivity contribution is 7.89. The van der Waals surface area contributed by atoms with Crippen molar-refractivity contribution in [2.75, 3.05) is 25.4 Å². The van der Waals surface area contributed by atoms with E-state index in [-0.39, 0.29) is 28.1 Å². The second-order valence-corrected chi connectivity index (χ2v) is 11.5. The van der Waals surface area contributed by atoms with E-state index in [9.17, 15) is 18.0 Å². The number of hydrogen-bond acceptors (Lipinski definition) is 6. The summed E-state index contributed by atoms with van der Waals surface area (Å²) in [5.41, 5.74) is 9.61. The second-order valence-electron chi connectivity index (χ2n) is 9.83. The first-order valence-corrected chi connectivity index (χ1v) is 14.4. The number of benzene rings is 2. The normalized spacial score (nSPS) is 17.4. The number of sulfonamides is 1. The first-order valence-electron chi connectivity index (χ1n) is 12.9. The maximum atomic E-state index is 15.3. The molecule has 1 fully saturated rings. The summed E-state index contributed by atoms with van der Waals surface area (Å²) in [6.07, 6.45) is 3.78. The van der Waals surface area contributed by atoms with E-state index in [0.29, 0.717) is 62.0 Å². The van der Waals surface area contributed by atoms with Crippen molar-refractivity contribution in [1.29, 1.82) is 0 Å². The largest absolute Gasteiger partial charge is 0.383 e. The number of nitrogens with two attached hydrogens (primary N) is 1.